The number of methoxy groups -OCH3 is 3. The average molecular weight is 902 g/mol. The van der Waals surface area contributed by atoms with Crippen molar-refractivity contribution in [3.05, 3.63) is 35.9 Å². The SMILES string of the molecule is CC[C@H](C)[C@@H]([C@@H](CC(=O)N1CCC[C@H]1[C@H](OC)[C@@H](C)C(=O)N[C@@H](Cc1ccccc1)C(=O)OC)OC)N(C)C(=O)[C@@H](NC(=O)[C@H](C(C)C)N(C)CCN1CCN(C(=O)O)CC1)C(C)C. The van der Waals surface area contributed by atoms with Crippen molar-refractivity contribution in [3.8, 4) is 0 Å². The molecule has 3 rings (SSSR count). The predicted octanol–water partition coefficient (Wildman–Crippen LogP) is 3.20. The van der Waals surface area contributed by atoms with Gasteiger partial charge < -0.3 is 44.7 Å². The number of benzene rings is 1. The van der Waals surface area contributed by atoms with Gasteiger partial charge in [0, 0.05) is 73.5 Å². The van der Waals surface area contributed by atoms with Crippen LogP contribution in [0.25, 0.3) is 0 Å². The molecule has 0 saturated carbocycles. The number of amides is 5. The Kier molecular flexibility index (Phi) is 21.9. The van der Waals surface area contributed by atoms with Gasteiger partial charge in [-0.05, 0) is 43.2 Å². The van der Waals surface area contributed by atoms with Gasteiger partial charge >= 0.3 is 12.1 Å². The fourth-order valence-electron chi connectivity index (χ4n) is 9.38. The molecule has 0 bridgehead atoms. The van der Waals surface area contributed by atoms with E-state index in [1.165, 1.54) is 19.1 Å². The first-order valence-corrected chi connectivity index (χ1v) is 23.1. The summed E-state index contributed by atoms with van der Waals surface area (Å²) < 4.78 is 17.0. The van der Waals surface area contributed by atoms with Crippen LogP contribution in [0.15, 0.2) is 30.3 Å². The second kappa shape index (κ2) is 26.0. The molecular weight excluding hydrogens is 823 g/mol. The minimum Gasteiger partial charge on any atom is -0.467 e. The molecule has 2 saturated heterocycles. The first-order chi connectivity index (χ1) is 30.3. The van der Waals surface area contributed by atoms with Crippen molar-refractivity contribution in [3.63, 3.8) is 0 Å². The third-order valence-electron chi connectivity index (χ3n) is 13.4. The van der Waals surface area contributed by atoms with E-state index in [0.29, 0.717) is 65.1 Å². The van der Waals surface area contributed by atoms with Gasteiger partial charge in [-0.25, -0.2) is 9.59 Å². The van der Waals surface area contributed by atoms with Crippen molar-refractivity contribution in [1.29, 1.82) is 0 Å². The molecule has 2 aliphatic rings. The molecular formula is C47H79N7O10. The highest BCUT2D eigenvalue weighted by Crippen LogP contribution is 2.30. The Morgan fingerprint density at radius 2 is 1.48 bits per heavy atom. The molecule has 9 atom stereocenters. The number of carboxylic acid groups (broad SMARTS) is 1. The number of nitrogens with zero attached hydrogens (tertiary/aromatic N) is 5. The minimum atomic E-state index is -0.912. The Labute approximate surface area is 381 Å². The molecule has 1 aromatic rings. The molecule has 0 spiro atoms. The number of likely N-dealkylation sites (tertiary alicyclic amines) is 1. The van der Waals surface area contributed by atoms with Crippen molar-refractivity contribution < 1.29 is 48.1 Å². The maximum Gasteiger partial charge on any atom is 0.407 e. The molecule has 2 aliphatic heterocycles. The lowest BCUT2D eigenvalue weighted by molar-refractivity contribution is -0.149. The van der Waals surface area contributed by atoms with E-state index < -0.39 is 66.3 Å². The van der Waals surface area contributed by atoms with Crippen LogP contribution < -0.4 is 10.6 Å². The number of esters is 1. The molecule has 2 fully saturated rings. The lowest BCUT2D eigenvalue weighted by atomic mass is 9.89. The highest BCUT2D eigenvalue weighted by Gasteiger charge is 2.44. The summed E-state index contributed by atoms with van der Waals surface area (Å²) in [5, 5.41) is 15.3. The van der Waals surface area contributed by atoms with Crippen LogP contribution in [0.2, 0.25) is 0 Å². The zero-order valence-electron chi connectivity index (χ0n) is 40.6. The van der Waals surface area contributed by atoms with Gasteiger partial charge in [0.15, 0.2) is 0 Å². The van der Waals surface area contributed by atoms with E-state index >= 15 is 0 Å². The summed E-state index contributed by atoms with van der Waals surface area (Å²) in [6.45, 7) is 17.4. The number of nitrogens with one attached hydrogen (secondary N) is 2. The molecule has 362 valence electrons. The molecule has 0 unspecified atom stereocenters. The van der Waals surface area contributed by atoms with Gasteiger partial charge in [0.1, 0.15) is 12.1 Å². The number of likely N-dealkylation sites (N-methyl/N-ethyl adjacent to an activating group) is 2. The van der Waals surface area contributed by atoms with Gasteiger partial charge in [0.05, 0.1) is 49.8 Å². The summed E-state index contributed by atoms with van der Waals surface area (Å²) in [4.78, 5) is 89.9. The summed E-state index contributed by atoms with van der Waals surface area (Å²) >= 11 is 0. The Morgan fingerprint density at radius 3 is 2.02 bits per heavy atom. The normalized spacial score (nSPS) is 19.6. The number of carbonyl (C=O) groups excluding carboxylic acids is 5. The third-order valence-corrected chi connectivity index (χ3v) is 13.4. The van der Waals surface area contributed by atoms with Gasteiger partial charge in [-0.2, -0.15) is 0 Å². The quantitative estimate of drug-likeness (QED) is 0.129. The van der Waals surface area contributed by atoms with E-state index in [-0.39, 0.29) is 48.3 Å². The van der Waals surface area contributed by atoms with Crippen molar-refractivity contribution >= 4 is 35.7 Å². The molecule has 0 aromatic heterocycles. The highest BCUT2D eigenvalue weighted by atomic mass is 16.5. The maximum atomic E-state index is 14.6. The van der Waals surface area contributed by atoms with Gasteiger partial charge in [-0.15, -0.1) is 0 Å². The molecule has 5 amide bonds. The predicted molar refractivity (Wildman–Crippen MR) is 244 cm³/mol. The Balaban J connectivity index is 1.74. The zero-order valence-corrected chi connectivity index (χ0v) is 40.6. The fourth-order valence-corrected chi connectivity index (χ4v) is 9.38. The molecule has 64 heavy (non-hydrogen) atoms. The molecule has 17 nitrogen and oxygen atoms in total. The Bertz CT molecular complexity index is 1660. The van der Waals surface area contributed by atoms with E-state index in [1.54, 1.807) is 30.9 Å². The van der Waals surface area contributed by atoms with Gasteiger partial charge in [0.2, 0.25) is 23.6 Å². The van der Waals surface area contributed by atoms with Crippen LogP contribution in [-0.2, 0) is 44.6 Å². The van der Waals surface area contributed by atoms with Crippen molar-refractivity contribution in [2.75, 3.05) is 81.2 Å². The molecule has 0 radical (unpaired) electrons. The van der Waals surface area contributed by atoms with Gasteiger partial charge in [-0.3, -0.25) is 29.0 Å². The maximum absolute atomic E-state index is 14.6. The smallest absolute Gasteiger partial charge is 0.407 e. The second-order valence-corrected chi connectivity index (χ2v) is 18.4. The minimum absolute atomic E-state index is 0.0254. The average Bonchev–Trinajstić information content (AvgIpc) is 3.76. The van der Waals surface area contributed by atoms with Crippen molar-refractivity contribution in [2.45, 2.75) is 123 Å². The largest absolute Gasteiger partial charge is 0.467 e. The molecule has 3 N–H and O–H groups in total. The third kappa shape index (κ3) is 14.6. The highest BCUT2D eigenvalue weighted by molar-refractivity contribution is 5.90. The summed E-state index contributed by atoms with van der Waals surface area (Å²) in [5.41, 5.74) is 0.865. The van der Waals surface area contributed by atoms with E-state index in [2.05, 4.69) is 15.5 Å². The number of hydrogen-bond donors (Lipinski definition) is 3. The fraction of sp³-hybridized carbons (Fsp3) is 0.745. The van der Waals surface area contributed by atoms with Crippen LogP contribution in [0, 0.1) is 23.7 Å². The van der Waals surface area contributed by atoms with Crippen molar-refractivity contribution in [1.82, 2.24) is 35.1 Å². The number of rotatable bonds is 24. The Morgan fingerprint density at radius 1 is 0.844 bits per heavy atom. The van der Waals surface area contributed by atoms with E-state index in [9.17, 15) is 33.9 Å². The standard InChI is InChI=1S/C47H79N7O10/c1-13-32(6)41(51(9)45(58)39(30(2)3)49-44(57)40(31(4)5)50(8)22-23-52-24-26-53(27-25-52)47(60)61)37(62-10)29-38(55)54-21-17-20-36(54)42(63-11)33(7)43(56)48-35(46(59)64-12)28-34-18-15-14-16-19-34/h14-16,18-19,30-33,35-37,39-42H,13,17,20-29H2,1-12H3,(H,48,56)(H,49,57)(H,60,61)/t32-,33+,35-,36-,37+,39-,40-,41-,42+/m0/s1. The molecule has 1 aromatic carbocycles. The Hall–Kier alpha value is -4.32. The first-order valence-electron chi connectivity index (χ1n) is 23.1. The number of ether oxygens (including phenoxy) is 3. The van der Waals surface area contributed by atoms with E-state index in [1.807, 2.05) is 83.8 Å². The lowest BCUT2D eigenvalue weighted by Crippen LogP contribution is -2.60. The molecule has 2 heterocycles. The summed E-state index contributed by atoms with van der Waals surface area (Å²) in [5.74, 6) is -2.78. The van der Waals surface area contributed by atoms with Crippen LogP contribution in [0.4, 0.5) is 4.79 Å². The van der Waals surface area contributed by atoms with Crippen LogP contribution in [0.1, 0.15) is 79.7 Å². The summed E-state index contributed by atoms with van der Waals surface area (Å²) in [6.07, 6.45) is -0.0228. The lowest BCUT2D eigenvalue weighted by Gasteiger charge is -2.41. The van der Waals surface area contributed by atoms with E-state index in [0.717, 1.165) is 5.56 Å². The van der Waals surface area contributed by atoms with Crippen LogP contribution >= 0.6 is 0 Å². The van der Waals surface area contributed by atoms with Gasteiger partial charge in [0.25, 0.3) is 0 Å². The van der Waals surface area contributed by atoms with Crippen molar-refractivity contribution in [2.24, 2.45) is 23.7 Å². The summed E-state index contributed by atoms with van der Waals surface area (Å²) in [6, 6.07) is 6.15. The molecule has 0 aliphatic carbocycles. The number of piperazine rings is 1. The number of hydrogen-bond acceptors (Lipinski definition) is 11. The number of carbonyl (C=O) groups is 6. The van der Waals surface area contributed by atoms with Crippen LogP contribution in [-0.4, -0.2) is 189 Å². The first kappa shape index (κ1) is 54.0. The molecule has 17 heteroatoms. The van der Waals surface area contributed by atoms with Gasteiger partial charge in [-0.1, -0.05) is 85.2 Å². The van der Waals surface area contributed by atoms with Crippen LogP contribution in [0.3, 0.4) is 0 Å². The zero-order chi connectivity index (χ0) is 47.8. The van der Waals surface area contributed by atoms with Crippen LogP contribution in [0.5, 0.6) is 0 Å². The topological polar surface area (TPSA) is 191 Å². The van der Waals surface area contributed by atoms with E-state index in [4.69, 9.17) is 14.2 Å². The monoisotopic (exact) mass is 902 g/mol. The summed E-state index contributed by atoms with van der Waals surface area (Å²) in [7, 11) is 7.96. The second-order valence-electron chi connectivity index (χ2n) is 18.4.